The molecule has 90 valence electrons. The number of anilines is 1. The molecule has 17 heavy (non-hydrogen) atoms. The third-order valence-corrected chi connectivity index (χ3v) is 2.46. The van der Waals surface area contributed by atoms with Gasteiger partial charge in [-0.2, -0.15) is 5.10 Å². The third kappa shape index (κ3) is 2.75. The van der Waals surface area contributed by atoms with Crippen molar-refractivity contribution in [2.75, 3.05) is 12.4 Å². The van der Waals surface area contributed by atoms with Crippen LogP contribution in [0.2, 0.25) is 0 Å². The summed E-state index contributed by atoms with van der Waals surface area (Å²) in [6.07, 6.45) is 5.59. The van der Waals surface area contributed by atoms with E-state index >= 15 is 0 Å². The quantitative estimate of drug-likeness (QED) is 0.855. The van der Waals surface area contributed by atoms with Crippen LogP contribution in [0, 0.1) is 0 Å². The van der Waals surface area contributed by atoms with E-state index in [4.69, 9.17) is 4.74 Å². The molecule has 0 spiro atoms. The number of hydrogen-bond acceptors (Lipinski definition) is 4. The summed E-state index contributed by atoms with van der Waals surface area (Å²) in [4.78, 5) is 4.13. The van der Waals surface area contributed by atoms with E-state index in [1.165, 1.54) is 0 Å². The van der Waals surface area contributed by atoms with Crippen LogP contribution in [0.5, 0.6) is 5.88 Å². The molecule has 0 atom stereocenters. The fraction of sp³-hybridized carbons (Fsp3) is 0.333. The van der Waals surface area contributed by atoms with E-state index in [2.05, 4.69) is 22.3 Å². The Morgan fingerprint density at radius 1 is 1.47 bits per heavy atom. The number of nitrogens with one attached hydrogen (secondary N) is 1. The van der Waals surface area contributed by atoms with Gasteiger partial charge in [0.25, 0.3) is 0 Å². The molecule has 0 unspecified atom stereocenters. The fourth-order valence-corrected chi connectivity index (χ4v) is 1.56. The summed E-state index contributed by atoms with van der Waals surface area (Å²) < 4.78 is 7.07. The van der Waals surface area contributed by atoms with Crippen molar-refractivity contribution >= 4 is 5.69 Å². The molecule has 0 aliphatic rings. The molecule has 5 heteroatoms. The summed E-state index contributed by atoms with van der Waals surface area (Å²) in [5.74, 6) is 0.607. The number of aromatic nitrogens is 3. The molecular weight excluding hydrogens is 216 g/mol. The SMILES string of the molecule is CCn1cc(CNc2cccnc2OC)cn1. The lowest BCUT2D eigenvalue weighted by atomic mass is 10.3. The summed E-state index contributed by atoms with van der Waals surface area (Å²) in [5.41, 5.74) is 2.03. The van der Waals surface area contributed by atoms with Gasteiger partial charge >= 0.3 is 0 Å². The van der Waals surface area contributed by atoms with Gasteiger partial charge in [-0.15, -0.1) is 0 Å². The van der Waals surface area contributed by atoms with Gasteiger partial charge in [-0.3, -0.25) is 4.68 Å². The third-order valence-electron chi connectivity index (χ3n) is 2.46. The Morgan fingerprint density at radius 3 is 3.06 bits per heavy atom. The summed E-state index contributed by atoms with van der Waals surface area (Å²) in [7, 11) is 1.61. The van der Waals surface area contributed by atoms with Crippen LogP contribution in [0.4, 0.5) is 5.69 Å². The first kappa shape index (κ1) is 11.4. The van der Waals surface area contributed by atoms with Crippen molar-refractivity contribution in [3.8, 4) is 5.88 Å². The van der Waals surface area contributed by atoms with E-state index in [-0.39, 0.29) is 0 Å². The Hall–Kier alpha value is -2.04. The van der Waals surface area contributed by atoms with Crippen LogP contribution in [0.1, 0.15) is 12.5 Å². The zero-order valence-electron chi connectivity index (χ0n) is 10.1. The molecule has 2 aromatic rings. The average molecular weight is 232 g/mol. The largest absolute Gasteiger partial charge is 0.480 e. The molecule has 0 aliphatic heterocycles. The van der Waals surface area contributed by atoms with Crippen molar-refractivity contribution < 1.29 is 4.74 Å². The van der Waals surface area contributed by atoms with Crippen LogP contribution < -0.4 is 10.1 Å². The highest BCUT2D eigenvalue weighted by Crippen LogP contribution is 2.20. The Morgan fingerprint density at radius 2 is 2.35 bits per heavy atom. The van der Waals surface area contributed by atoms with Crippen LogP contribution in [0.25, 0.3) is 0 Å². The Bertz CT molecular complexity index is 481. The van der Waals surface area contributed by atoms with Crippen molar-refractivity contribution in [3.63, 3.8) is 0 Å². The lowest BCUT2D eigenvalue weighted by Gasteiger charge is -2.08. The minimum Gasteiger partial charge on any atom is -0.480 e. The highest BCUT2D eigenvalue weighted by molar-refractivity contribution is 5.52. The van der Waals surface area contributed by atoms with Gasteiger partial charge in [-0.25, -0.2) is 4.98 Å². The second-order valence-corrected chi connectivity index (χ2v) is 3.62. The van der Waals surface area contributed by atoms with Gasteiger partial charge in [-0.1, -0.05) is 0 Å². The highest BCUT2D eigenvalue weighted by Gasteiger charge is 2.03. The Labute approximate surface area is 100 Å². The molecule has 0 aliphatic carbocycles. The molecule has 2 aromatic heterocycles. The average Bonchev–Trinajstić information content (AvgIpc) is 2.84. The van der Waals surface area contributed by atoms with Gasteiger partial charge in [0.2, 0.25) is 5.88 Å². The summed E-state index contributed by atoms with van der Waals surface area (Å²) in [5, 5.41) is 7.50. The van der Waals surface area contributed by atoms with Crippen LogP contribution in [-0.2, 0) is 13.1 Å². The number of rotatable bonds is 5. The summed E-state index contributed by atoms with van der Waals surface area (Å²) >= 11 is 0. The van der Waals surface area contributed by atoms with Gasteiger partial charge in [0.15, 0.2) is 0 Å². The monoisotopic (exact) mass is 232 g/mol. The molecule has 0 radical (unpaired) electrons. The predicted octanol–water partition coefficient (Wildman–Crippen LogP) is 1.92. The molecule has 1 N–H and O–H groups in total. The van der Waals surface area contributed by atoms with E-state index < -0.39 is 0 Å². The standard InChI is InChI=1S/C12H16N4O/c1-3-16-9-10(8-15-16)7-14-11-5-4-6-13-12(11)17-2/h4-6,8-9,14H,3,7H2,1-2H3. The minimum absolute atomic E-state index is 0.607. The van der Waals surface area contributed by atoms with Crippen molar-refractivity contribution in [1.82, 2.24) is 14.8 Å². The van der Waals surface area contributed by atoms with Crippen molar-refractivity contribution in [1.29, 1.82) is 0 Å². The molecule has 0 saturated carbocycles. The maximum Gasteiger partial charge on any atom is 0.237 e. The molecule has 0 aromatic carbocycles. The van der Waals surface area contributed by atoms with E-state index in [1.54, 1.807) is 13.3 Å². The number of ether oxygens (including phenoxy) is 1. The minimum atomic E-state index is 0.607. The van der Waals surface area contributed by atoms with Crippen molar-refractivity contribution in [2.45, 2.75) is 20.0 Å². The van der Waals surface area contributed by atoms with E-state index in [0.29, 0.717) is 12.4 Å². The molecule has 0 saturated heterocycles. The second-order valence-electron chi connectivity index (χ2n) is 3.62. The molecule has 5 nitrogen and oxygen atoms in total. The Kier molecular flexibility index (Phi) is 3.59. The molecule has 2 rings (SSSR count). The van der Waals surface area contributed by atoms with Gasteiger partial charge < -0.3 is 10.1 Å². The van der Waals surface area contributed by atoms with Crippen LogP contribution >= 0.6 is 0 Å². The number of hydrogen-bond donors (Lipinski definition) is 1. The van der Waals surface area contributed by atoms with Crippen LogP contribution in [-0.4, -0.2) is 21.9 Å². The van der Waals surface area contributed by atoms with E-state index in [0.717, 1.165) is 17.8 Å². The normalized spacial score (nSPS) is 10.2. The Balaban J connectivity index is 2.01. The maximum absolute atomic E-state index is 5.17. The first-order chi connectivity index (χ1) is 8.33. The predicted molar refractivity (Wildman–Crippen MR) is 66.0 cm³/mol. The van der Waals surface area contributed by atoms with E-state index in [9.17, 15) is 0 Å². The lowest BCUT2D eigenvalue weighted by Crippen LogP contribution is -2.01. The fourth-order valence-electron chi connectivity index (χ4n) is 1.56. The number of pyridine rings is 1. The zero-order valence-corrected chi connectivity index (χ0v) is 10.1. The maximum atomic E-state index is 5.17. The highest BCUT2D eigenvalue weighted by atomic mass is 16.5. The van der Waals surface area contributed by atoms with Gasteiger partial charge in [-0.05, 0) is 19.1 Å². The zero-order chi connectivity index (χ0) is 12.1. The summed E-state index contributed by atoms with van der Waals surface area (Å²) in [6.45, 7) is 3.66. The topological polar surface area (TPSA) is 52.0 Å². The van der Waals surface area contributed by atoms with Crippen LogP contribution in [0.3, 0.4) is 0 Å². The summed E-state index contributed by atoms with van der Waals surface area (Å²) in [6, 6.07) is 3.82. The molecule has 2 heterocycles. The smallest absolute Gasteiger partial charge is 0.237 e. The van der Waals surface area contributed by atoms with Gasteiger partial charge in [0.1, 0.15) is 0 Å². The molecular formula is C12H16N4O. The van der Waals surface area contributed by atoms with Gasteiger partial charge in [0.05, 0.1) is 19.0 Å². The van der Waals surface area contributed by atoms with Crippen LogP contribution in [0.15, 0.2) is 30.7 Å². The second kappa shape index (κ2) is 5.34. The first-order valence-electron chi connectivity index (χ1n) is 5.57. The first-order valence-corrected chi connectivity index (χ1v) is 5.57. The van der Waals surface area contributed by atoms with E-state index in [1.807, 2.05) is 29.2 Å². The number of nitrogens with zero attached hydrogens (tertiary/aromatic N) is 3. The lowest BCUT2D eigenvalue weighted by molar-refractivity contribution is 0.399. The van der Waals surface area contributed by atoms with Crippen molar-refractivity contribution in [2.24, 2.45) is 0 Å². The molecule has 0 amide bonds. The van der Waals surface area contributed by atoms with Gasteiger partial charge in [0, 0.05) is 31.0 Å². The molecule has 0 bridgehead atoms. The number of methoxy groups -OCH3 is 1. The van der Waals surface area contributed by atoms with Crippen molar-refractivity contribution in [3.05, 3.63) is 36.3 Å². The number of aryl methyl sites for hydroxylation is 1. The molecule has 0 fully saturated rings.